The van der Waals surface area contributed by atoms with Gasteiger partial charge in [-0.25, -0.2) is 13.8 Å². The summed E-state index contributed by atoms with van der Waals surface area (Å²) in [6.07, 6.45) is 2.76. The molecule has 7 heteroatoms. The molecule has 0 saturated carbocycles. The van der Waals surface area contributed by atoms with Crippen molar-refractivity contribution in [3.63, 3.8) is 0 Å². The molecule has 0 spiro atoms. The summed E-state index contributed by atoms with van der Waals surface area (Å²) in [7, 11) is 0. The van der Waals surface area contributed by atoms with E-state index in [1.807, 2.05) is 6.92 Å². The first kappa shape index (κ1) is 19.9. The van der Waals surface area contributed by atoms with Gasteiger partial charge in [0.25, 0.3) is 5.56 Å². The molecule has 0 aliphatic carbocycles. The molecule has 1 aliphatic heterocycles. The largest absolute Gasteiger partial charge is 0.313 e. The van der Waals surface area contributed by atoms with Gasteiger partial charge in [0, 0.05) is 38.3 Å². The normalized spacial score (nSPS) is 20.0. The van der Waals surface area contributed by atoms with E-state index in [0.717, 1.165) is 51.0 Å². The Labute approximate surface area is 158 Å². The van der Waals surface area contributed by atoms with Gasteiger partial charge < -0.3 is 5.32 Å². The molecule has 3 rings (SSSR count). The van der Waals surface area contributed by atoms with Crippen LogP contribution >= 0.6 is 0 Å². The average molecular weight is 378 g/mol. The van der Waals surface area contributed by atoms with Gasteiger partial charge in [-0.3, -0.25) is 14.3 Å². The molecular weight excluding hydrogens is 350 g/mol. The lowest BCUT2D eigenvalue weighted by Crippen LogP contribution is -2.37. The number of hydrogen-bond donors (Lipinski definition) is 1. The van der Waals surface area contributed by atoms with Crippen LogP contribution in [0.3, 0.4) is 0 Å². The molecule has 0 radical (unpaired) electrons. The molecule has 1 aliphatic rings. The number of hydrogen-bond acceptors (Lipinski definition) is 4. The summed E-state index contributed by atoms with van der Waals surface area (Å²) in [5, 5.41) is 3.48. The van der Waals surface area contributed by atoms with Crippen LogP contribution in [0.25, 0.3) is 10.9 Å². The van der Waals surface area contributed by atoms with Crippen LogP contribution in [0.4, 0.5) is 8.78 Å². The van der Waals surface area contributed by atoms with Crippen molar-refractivity contribution in [2.45, 2.75) is 58.7 Å². The SMILES string of the molecule is CCC[C@H](c1nc2c(F)cc(F)cc2c(=O)n1CC)N1CCN[C@@H](C)CC1. The summed E-state index contributed by atoms with van der Waals surface area (Å²) >= 11 is 0. The Kier molecular flexibility index (Phi) is 6.22. The van der Waals surface area contributed by atoms with Crippen LogP contribution in [-0.4, -0.2) is 40.1 Å². The van der Waals surface area contributed by atoms with Crippen LogP contribution in [0.15, 0.2) is 16.9 Å². The van der Waals surface area contributed by atoms with Crippen molar-refractivity contribution < 1.29 is 8.78 Å². The molecule has 1 N–H and O–H groups in total. The highest BCUT2D eigenvalue weighted by atomic mass is 19.1. The molecule has 0 amide bonds. The van der Waals surface area contributed by atoms with E-state index in [4.69, 9.17) is 0 Å². The zero-order chi connectivity index (χ0) is 19.6. The quantitative estimate of drug-likeness (QED) is 0.868. The van der Waals surface area contributed by atoms with E-state index in [2.05, 4.69) is 29.0 Å². The van der Waals surface area contributed by atoms with Crippen molar-refractivity contribution >= 4 is 10.9 Å². The summed E-state index contributed by atoms with van der Waals surface area (Å²) in [4.78, 5) is 19.8. The van der Waals surface area contributed by atoms with E-state index in [1.54, 1.807) is 4.57 Å². The standard InChI is InChI=1S/C20H28F2N4O/c1-4-6-17(25-9-7-13(3)23-8-10-25)19-24-18-15(20(27)26(19)5-2)11-14(21)12-16(18)22/h11-13,17,23H,4-10H2,1-3H3/t13-,17+/m0/s1. The fourth-order valence-electron chi connectivity index (χ4n) is 3.91. The van der Waals surface area contributed by atoms with Crippen LogP contribution < -0.4 is 10.9 Å². The van der Waals surface area contributed by atoms with Crippen LogP contribution in [0.5, 0.6) is 0 Å². The van der Waals surface area contributed by atoms with Crippen LogP contribution in [0, 0.1) is 11.6 Å². The summed E-state index contributed by atoms with van der Waals surface area (Å²) in [6, 6.07) is 2.25. The predicted molar refractivity (Wildman–Crippen MR) is 103 cm³/mol. The van der Waals surface area contributed by atoms with Crippen molar-refractivity contribution in [2.75, 3.05) is 19.6 Å². The number of benzene rings is 1. The Hall–Kier alpha value is -1.86. The molecule has 0 unspecified atom stereocenters. The van der Waals surface area contributed by atoms with Crippen LogP contribution in [-0.2, 0) is 6.54 Å². The Morgan fingerprint density at radius 2 is 2.07 bits per heavy atom. The molecule has 2 heterocycles. The number of nitrogens with zero attached hydrogens (tertiary/aromatic N) is 3. The smallest absolute Gasteiger partial charge is 0.261 e. The van der Waals surface area contributed by atoms with Crippen LogP contribution in [0.2, 0.25) is 0 Å². The fourth-order valence-corrected chi connectivity index (χ4v) is 3.91. The van der Waals surface area contributed by atoms with E-state index < -0.39 is 11.6 Å². The third-order valence-electron chi connectivity index (χ3n) is 5.36. The van der Waals surface area contributed by atoms with E-state index in [-0.39, 0.29) is 22.5 Å². The summed E-state index contributed by atoms with van der Waals surface area (Å²) in [5.74, 6) is -0.961. The fraction of sp³-hybridized carbons (Fsp3) is 0.600. The first-order valence-corrected chi connectivity index (χ1v) is 9.83. The van der Waals surface area contributed by atoms with Crippen molar-refractivity contribution in [2.24, 2.45) is 0 Å². The Balaban J connectivity index is 2.15. The lowest BCUT2D eigenvalue weighted by atomic mass is 10.1. The highest BCUT2D eigenvalue weighted by molar-refractivity contribution is 5.78. The topological polar surface area (TPSA) is 50.2 Å². The Morgan fingerprint density at radius 1 is 1.30 bits per heavy atom. The molecule has 5 nitrogen and oxygen atoms in total. The molecule has 0 bridgehead atoms. The van der Waals surface area contributed by atoms with Gasteiger partial charge in [-0.05, 0) is 32.8 Å². The minimum Gasteiger partial charge on any atom is -0.313 e. The molecular formula is C20H28F2N4O. The van der Waals surface area contributed by atoms with Gasteiger partial charge >= 0.3 is 0 Å². The lowest BCUT2D eigenvalue weighted by molar-refractivity contribution is 0.184. The van der Waals surface area contributed by atoms with Gasteiger partial charge in [-0.1, -0.05) is 13.3 Å². The second-order valence-corrected chi connectivity index (χ2v) is 7.29. The number of nitrogens with one attached hydrogen (secondary N) is 1. The molecule has 1 aromatic heterocycles. The van der Waals surface area contributed by atoms with Gasteiger partial charge in [0.05, 0.1) is 11.4 Å². The first-order chi connectivity index (χ1) is 13.0. The predicted octanol–water partition coefficient (Wildman–Crippen LogP) is 3.22. The molecule has 2 atom stereocenters. The molecule has 1 fully saturated rings. The Morgan fingerprint density at radius 3 is 2.78 bits per heavy atom. The van der Waals surface area contributed by atoms with Gasteiger partial charge in [0.1, 0.15) is 17.2 Å². The lowest BCUT2D eigenvalue weighted by Gasteiger charge is -2.31. The molecule has 2 aromatic rings. The number of aromatic nitrogens is 2. The highest BCUT2D eigenvalue weighted by Gasteiger charge is 2.27. The maximum absolute atomic E-state index is 14.4. The van der Waals surface area contributed by atoms with Gasteiger partial charge in [0.2, 0.25) is 0 Å². The summed E-state index contributed by atoms with van der Waals surface area (Å²) in [6.45, 7) is 9.14. The van der Waals surface area contributed by atoms with Crippen molar-refractivity contribution in [3.8, 4) is 0 Å². The minimum atomic E-state index is -0.784. The number of halogens is 2. The monoisotopic (exact) mass is 378 g/mol. The van der Waals surface area contributed by atoms with Gasteiger partial charge in [-0.2, -0.15) is 0 Å². The van der Waals surface area contributed by atoms with E-state index in [9.17, 15) is 13.6 Å². The van der Waals surface area contributed by atoms with Crippen molar-refractivity contribution in [3.05, 3.63) is 39.9 Å². The molecule has 1 aromatic carbocycles. The van der Waals surface area contributed by atoms with E-state index >= 15 is 0 Å². The second-order valence-electron chi connectivity index (χ2n) is 7.29. The van der Waals surface area contributed by atoms with Crippen molar-refractivity contribution in [1.82, 2.24) is 19.8 Å². The zero-order valence-electron chi connectivity index (χ0n) is 16.3. The third-order valence-corrected chi connectivity index (χ3v) is 5.36. The van der Waals surface area contributed by atoms with Crippen molar-refractivity contribution in [1.29, 1.82) is 0 Å². The van der Waals surface area contributed by atoms with Gasteiger partial charge in [0.15, 0.2) is 5.82 Å². The zero-order valence-corrected chi connectivity index (χ0v) is 16.3. The number of rotatable bonds is 5. The van der Waals surface area contributed by atoms with E-state index in [0.29, 0.717) is 18.4 Å². The minimum absolute atomic E-state index is 0.000459. The average Bonchev–Trinajstić information content (AvgIpc) is 2.85. The molecule has 148 valence electrons. The molecule has 27 heavy (non-hydrogen) atoms. The number of fused-ring (bicyclic) bond motifs is 1. The summed E-state index contributed by atoms with van der Waals surface area (Å²) < 4.78 is 29.6. The third kappa shape index (κ3) is 4.04. The van der Waals surface area contributed by atoms with E-state index in [1.165, 1.54) is 0 Å². The maximum Gasteiger partial charge on any atom is 0.261 e. The Bertz CT molecular complexity index is 867. The highest BCUT2D eigenvalue weighted by Crippen LogP contribution is 2.27. The second kappa shape index (κ2) is 8.44. The molecule has 1 saturated heterocycles. The van der Waals surface area contributed by atoms with Gasteiger partial charge in [-0.15, -0.1) is 0 Å². The maximum atomic E-state index is 14.4. The summed E-state index contributed by atoms with van der Waals surface area (Å²) in [5.41, 5.74) is -0.415. The first-order valence-electron chi connectivity index (χ1n) is 9.83. The van der Waals surface area contributed by atoms with Crippen LogP contribution in [0.1, 0.15) is 51.9 Å².